The standard InChI is InChI=1S/C18H32N6O7S2/c1-33-7-6-11(18(30)31)23-17(29)12(8-32)24-16(28)10(3-5-14(21)26)22-15(27)9(19)2-4-13(20)25/h9-12,32H,2-8,19H2,1H3,(H2,20,25)(H2,21,26)(H,22,27)(H,23,29)(H,24,28)(H,30,31). The summed E-state index contributed by atoms with van der Waals surface area (Å²) in [6, 6.07) is -4.78. The van der Waals surface area contributed by atoms with Crippen LogP contribution in [0.25, 0.3) is 0 Å². The van der Waals surface area contributed by atoms with Crippen LogP contribution in [-0.2, 0) is 28.8 Å². The van der Waals surface area contributed by atoms with Gasteiger partial charge in [-0.25, -0.2) is 4.79 Å². The van der Waals surface area contributed by atoms with Gasteiger partial charge in [-0.3, -0.25) is 24.0 Å². The van der Waals surface area contributed by atoms with Crippen LogP contribution in [0.5, 0.6) is 0 Å². The second-order valence-corrected chi connectivity index (χ2v) is 8.45. The maximum Gasteiger partial charge on any atom is 0.326 e. The van der Waals surface area contributed by atoms with E-state index in [2.05, 4.69) is 28.6 Å². The van der Waals surface area contributed by atoms with Gasteiger partial charge in [-0.05, 0) is 31.3 Å². The molecule has 0 radical (unpaired) electrons. The van der Waals surface area contributed by atoms with Gasteiger partial charge in [0, 0.05) is 18.6 Å². The van der Waals surface area contributed by atoms with Crippen LogP contribution >= 0.6 is 24.4 Å². The minimum absolute atomic E-state index is 0.0559. The molecular formula is C18H32N6O7S2. The molecule has 5 amide bonds. The monoisotopic (exact) mass is 508 g/mol. The first kappa shape index (κ1) is 30.5. The van der Waals surface area contributed by atoms with Gasteiger partial charge in [-0.1, -0.05) is 0 Å². The highest BCUT2D eigenvalue weighted by Crippen LogP contribution is 2.04. The fourth-order valence-corrected chi connectivity index (χ4v) is 3.22. The second-order valence-electron chi connectivity index (χ2n) is 7.10. The molecule has 10 N–H and O–H groups in total. The van der Waals surface area contributed by atoms with Crippen LogP contribution in [0.15, 0.2) is 0 Å². The molecular weight excluding hydrogens is 476 g/mol. The molecule has 0 aromatic rings. The second kappa shape index (κ2) is 16.1. The number of rotatable bonds is 17. The Labute approximate surface area is 201 Å². The smallest absolute Gasteiger partial charge is 0.326 e. The molecule has 4 unspecified atom stereocenters. The van der Waals surface area contributed by atoms with Crippen molar-refractivity contribution in [3.05, 3.63) is 0 Å². The predicted octanol–water partition coefficient (Wildman–Crippen LogP) is -2.93. The van der Waals surface area contributed by atoms with Crippen LogP contribution in [0.1, 0.15) is 32.1 Å². The molecule has 0 bridgehead atoms. The zero-order valence-electron chi connectivity index (χ0n) is 18.2. The summed E-state index contributed by atoms with van der Waals surface area (Å²) in [4.78, 5) is 70.8. The lowest BCUT2D eigenvalue weighted by Crippen LogP contribution is -2.57. The van der Waals surface area contributed by atoms with Gasteiger partial charge in [-0.2, -0.15) is 24.4 Å². The van der Waals surface area contributed by atoms with Crippen molar-refractivity contribution in [2.75, 3.05) is 17.8 Å². The zero-order chi connectivity index (χ0) is 25.6. The van der Waals surface area contributed by atoms with Gasteiger partial charge >= 0.3 is 5.97 Å². The number of hydrogen-bond acceptors (Lipinski definition) is 9. The Balaban J connectivity index is 5.25. The minimum atomic E-state index is -1.27. The Morgan fingerprint density at radius 3 is 1.79 bits per heavy atom. The third-order valence-electron chi connectivity index (χ3n) is 4.39. The summed E-state index contributed by atoms with van der Waals surface area (Å²) in [6.45, 7) is 0. The van der Waals surface area contributed by atoms with Crippen molar-refractivity contribution in [2.24, 2.45) is 17.2 Å². The van der Waals surface area contributed by atoms with Crippen molar-refractivity contribution in [1.82, 2.24) is 16.0 Å². The summed E-state index contributed by atoms with van der Waals surface area (Å²) < 4.78 is 0. The number of thioether (sulfide) groups is 1. The molecule has 0 saturated heterocycles. The molecule has 4 atom stereocenters. The summed E-state index contributed by atoms with van der Waals surface area (Å²) in [5.41, 5.74) is 15.8. The van der Waals surface area contributed by atoms with E-state index in [4.69, 9.17) is 17.2 Å². The number of amides is 5. The lowest BCUT2D eigenvalue weighted by Gasteiger charge is -2.24. The molecule has 0 rings (SSSR count). The minimum Gasteiger partial charge on any atom is -0.480 e. The van der Waals surface area contributed by atoms with Crippen LogP contribution < -0.4 is 33.2 Å². The van der Waals surface area contributed by atoms with Crippen LogP contribution in [-0.4, -0.2) is 82.5 Å². The number of hydrogen-bond donors (Lipinski definition) is 8. The first-order chi connectivity index (χ1) is 15.4. The fourth-order valence-electron chi connectivity index (χ4n) is 2.49. The zero-order valence-corrected chi connectivity index (χ0v) is 20.0. The molecule has 15 heteroatoms. The van der Waals surface area contributed by atoms with Gasteiger partial charge in [0.15, 0.2) is 0 Å². The number of nitrogens with one attached hydrogen (secondary N) is 3. The molecule has 0 aliphatic rings. The fraction of sp³-hybridized carbons (Fsp3) is 0.667. The van der Waals surface area contributed by atoms with E-state index in [1.807, 2.05) is 0 Å². The Hall–Kier alpha value is -2.52. The van der Waals surface area contributed by atoms with Crippen molar-refractivity contribution in [1.29, 1.82) is 0 Å². The number of nitrogens with two attached hydrogens (primary N) is 3. The number of carboxylic acid groups (broad SMARTS) is 1. The van der Waals surface area contributed by atoms with Crippen LogP contribution in [0, 0.1) is 0 Å². The van der Waals surface area contributed by atoms with E-state index in [0.717, 1.165) is 0 Å². The lowest BCUT2D eigenvalue weighted by molar-refractivity contribution is -0.142. The third kappa shape index (κ3) is 12.9. The molecule has 13 nitrogen and oxygen atoms in total. The first-order valence-corrected chi connectivity index (χ1v) is 12.0. The quantitative estimate of drug-likeness (QED) is 0.0937. The third-order valence-corrected chi connectivity index (χ3v) is 5.40. The number of primary amides is 2. The number of carbonyl (C=O) groups is 6. The molecule has 188 valence electrons. The molecule has 33 heavy (non-hydrogen) atoms. The maximum atomic E-state index is 12.7. The largest absolute Gasteiger partial charge is 0.480 e. The highest BCUT2D eigenvalue weighted by Gasteiger charge is 2.29. The SMILES string of the molecule is CSCCC(NC(=O)C(CS)NC(=O)C(CCC(N)=O)NC(=O)C(N)CCC(N)=O)C(=O)O. The van der Waals surface area contributed by atoms with E-state index >= 15 is 0 Å². The number of carboxylic acids is 1. The summed E-state index contributed by atoms with van der Waals surface area (Å²) in [6.07, 6.45) is 1.34. The van der Waals surface area contributed by atoms with Crippen LogP contribution in [0.2, 0.25) is 0 Å². The Morgan fingerprint density at radius 1 is 0.818 bits per heavy atom. The van der Waals surface area contributed by atoms with E-state index in [1.54, 1.807) is 6.26 Å². The van der Waals surface area contributed by atoms with Crippen molar-refractivity contribution in [2.45, 2.75) is 56.3 Å². The Morgan fingerprint density at radius 2 is 1.30 bits per heavy atom. The van der Waals surface area contributed by atoms with Gasteiger partial charge in [-0.15, -0.1) is 0 Å². The number of carbonyl (C=O) groups excluding carboxylic acids is 5. The van der Waals surface area contributed by atoms with E-state index in [0.29, 0.717) is 5.75 Å². The van der Waals surface area contributed by atoms with E-state index < -0.39 is 59.7 Å². The molecule has 0 aromatic heterocycles. The average Bonchev–Trinajstić information content (AvgIpc) is 2.74. The van der Waals surface area contributed by atoms with Gasteiger partial charge < -0.3 is 38.3 Å². The Kier molecular flexibility index (Phi) is 14.9. The van der Waals surface area contributed by atoms with Gasteiger partial charge in [0.25, 0.3) is 0 Å². The summed E-state index contributed by atoms with van der Waals surface area (Å²) in [5, 5.41) is 16.3. The van der Waals surface area contributed by atoms with Gasteiger partial charge in [0.1, 0.15) is 18.1 Å². The Bertz CT molecular complexity index is 724. The van der Waals surface area contributed by atoms with Crippen LogP contribution in [0.4, 0.5) is 0 Å². The van der Waals surface area contributed by atoms with E-state index in [9.17, 15) is 33.9 Å². The van der Waals surface area contributed by atoms with E-state index in [1.165, 1.54) is 11.8 Å². The van der Waals surface area contributed by atoms with Crippen molar-refractivity contribution in [3.63, 3.8) is 0 Å². The normalized spacial score (nSPS) is 14.3. The number of aliphatic carboxylic acids is 1. The molecule has 0 saturated carbocycles. The first-order valence-electron chi connectivity index (χ1n) is 9.98. The predicted molar refractivity (Wildman–Crippen MR) is 125 cm³/mol. The van der Waals surface area contributed by atoms with Gasteiger partial charge in [0.05, 0.1) is 6.04 Å². The topological polar surface area (TPSA) is 237 Å². The molecule has 0 aliphatic carbocycles. The van der Waals surface area contributed by atoms with Gasteiger partial charge in [0.2, 0.25) is 29.5 Å². The van der Waals surface area contributed by atoms with Crippen molar-refractivity contribution < 1.29 is 33.9 Å². The highest BCUT2D eigenvalue weighted by atomic mass is 32.2. The highest BCUT2D eigenvalue weighted by molar-refractivity contribution is 7.98. The summed E-state index contributed by atoms with van der Waals surface area (Å²) in [7, 11) is 0. The maximum absolute atomic E-state index is 12.7. The summed E-state index contributed by atoms with van der Waals surface area (Å²) in [5.74, 6) is -4.63. The van der Waals surface area contributed by atoms with Crippen LogP contribution in [0.3, 0.4) is 0 Å². The molecule has 0 fully saturated rings. The summed E-state index contributed by atoms with van der Waals surface area (Å²) >= 11 is 5.44. The lowest BCUT2D eigenvalue weighted by atomic mass is 10.1. The molecule has 0 aliphatic heterocycles. The molecule has 0 aromatic carbocycles. The average molecular weight is 509 g/mol. The van der Waals surface area contributed by atoms with Crippen molar-refractivity contribution >= 4 is 59.9 Å². The van der Waals surface area contributed by atoms with Crippen molar-refractivity contribution in [3.8, 4) is 0 Å². The molecule has 0 heterocycles. The molecule has 0 spiro atoms. The number of thiol groups is 1. The van der Waals surface area contributed by atoms with E-state index in [-0.39, 0.29) is 37.9 Å².